The van der Waals surface area contributed by atoms with Gasteiger partial charge in [0, 0.05) is 11.1 Å². The molecule has 2 rings (SSSR count). The lowest BCUT2D eigenvalue weighted by molar-refractivity contribution is -0.150. The molecule has 0 saturated carbocycles. The van der Waals surface area contributed by atoms with Crippen molar-refractivity contribution in [3.05, 3.63) is 28.8 Å². The van der Waals surface area contributed by atoms with Crippen molar-refractivity contribution in [2.45, 2.75) is 50.1 Å². The van der Waals surface area contributed by atoms with E-state index < -0.39 is 21.5 Å². The van der Waals surface area contributed by atoms with Gasteiger partial charge in [-0.2, -0.15) is 4.31 Å². The Balaban J connectivity index is 2.60. The first-order chi connectivity index (χ1) is 10.2. The minimum atomic E-state index is -3.86. The third kappa shape index (κ3) is 2.53. The van der Waals surface area contributed by atoms with Crippen molar-refractivity contribution < 1.29 is 17.9 Å². The van der Waals surface area contributed by atoms with Crippen LogP contribution in [0.4, 0.5) is 0 Å². The number of carbonyl (C=O) groups is 1. The van der Waals surface area contributed by atoms with Crippen LogP contribution in [-0.2, 0) is 19.6 Å². The zero-order valence-electron chi connectivity index (χ0n) is 13.1. The van der Waals surface area contributed by atoms with Gasteiger partial charge in [0.2, 0.25) is 10.0 Å². The van der Waals surface area contributed by atoms with Crippen molar-refractivity contribution in [2.75, 3.05) is 7.11 Å². The summed E-state index contributed by atoms with van der Waals surface area (Å²) in [5.74, 6) is -0.542. The number of hydrogen-bond donors (Lipinski definition) is 0. The number of carbonyl (C=O) groups excluding carboxylic acids is 1. The van der Waals surface area contributed by atoms with Gasteiger partial charge in [-0.1, -0.05) is 17.7 Å². The van der Waals surface area contributed by atoms with Crippen LogP contribution in [0.1, 0.15) is 32.3 Å². The summed E-state index contributed by atoms with van der Waals surface area (Å²) in [4.78, 5) is 12.3. The quantitative estimate of drug-likeness (QED) is 0.790. The Labute approximate surface area is 136 Å². The van der Waals surface area contributed by atoms with E-state index in [1.807, 2.05) is 0 Å². The Kier molecular flexibility index (Phi) is 4.57. The second-order valence-corrected chi connectivity index (χ2v) is 8.01. The van der Waals surface area contributed by atoms with Crippen molar-refractivity contribution in [2.24, 2.45) is 0 Å². The summed E-state index contributed by atoms with van der Waals surface area (Å²) in [5, 5.41) is 0.382. The first-order valence-corrected chi connectivity index (χ1v) is 8.86. The number of halogens is 1. The number of hydrogen-bond acceptors (Lipinski definition) is 4. The molecule has 1 fully saturated rings. The van der Waals surface area contributed by atoms with Gasteiger partial charge in [0.25, 0.3) is 0 Å². The maximum Gasteiger partial charge on any atom is 0.327 e. The van der Waals surface area contributed by atoms with E-state index in [1.54, 1.807) is 32.9 Å². The molecule has 7 heteroatoms. The summed E-state index contributed by atoms with van der Waals surface area (Å²) < 4.78 is 32.3. The Bertz CT molecular complexity index is 703. The molecule has 0 bridgehead atoms. The Morgan fingerprint density at radius 3 is 2.68 bits per heavy atom. The topological polar surface area (TPSA) is 63.7 Å². The number of ether oxygens (including phenoxy) is 1. The molecule has 0 amide bonds. The van der Waals surface area contributed by atoms with Crippen LogP contribution in [0.25, 0.3) is 0 Å². The first-order valence-electron chi connectivity index (χ1n) is 7.04. The van der Waals surface area contributed by atoms with Gasteiger partial charge < -0.3 is 4.74 Å². The number of benzene rings is 1. The maximum absolute atomic E-state index is 13.1. The molecule has 0 spiro atoms. The fourth-order valence-electron chi connectivity index (χ4n) is 3.09. The molecule has 0 N–H and O–H groups in total. The van der Waals surface area contributed by atoms with Crippen molar-refractivity contribution in [3.8, 4) is 0 Å². The van der Waals surface area contributed by atoms with Crippen LogP contribution in [0, 0.1) is 6.92 Å². The van der Waals surface area contributed by atoms with Crippen molar-refractivity contribution >= 4 is 27.6 Å². The molecule has 1 aromatic carbocycles. The van der Waals surface area contributed by atoms with E-state index in [0.717, 1.165) is 0 Å². The standard InChI is InChI=1S/C15H20ClNO4S/c1-10-8-9-15(3,14(18)21-4)17(10)22(19,20)13-7-5-6-12(16)11(13)2/h5-7,10H,8-9H2,1-4H3/t10-,15+/m1/s1. The molecule has 0 aliphatic carbocycles. The monoisotopic (exact) mass is 345 g/mol. The van der Waals surface area contributed by atoms with E-state index in [1.165, 1.54) is 17.5 Å². The largest absolute Gasteiger partial charge is 0.468 e. The summed E-state index contributed by atoms with van der Waals surface area (Å²) in [5.41, 5.74) is -0.711. The molecular weight excluding hydrogens is 326 g/mol. The van der Waals surface area contributed by atoms with Crippen LogP contribution in [0.15, 0.2) is 23.1 Å². The van der Waals surface area contributed by atoms with E-state index >= 15 is 0 Å². The molecule has 1 heterocycles. The minimum Gasteiger partial charge on any atom is -0.468 e. The smallest absolute Gasteiger partial charge is 0.327 e. The lowest BCUT2D eigenvalue weighted by atomic mass is 10.0. The normalized spacial score (nSPS) is 26.1. The minimum absolute atomic E-state index is 0.129. The summed E-state index contributed by atoms with van der Waals surface area (Å²) >= 11 is 6.05. The molecule has 0 unspecified atom stereocenters. The Morgan fingerprint density at radius 2 is 2.09 bits per heavy atom. The molecule has 1 aliphatic heterocycles. The van der Waals surface area contributed by atoms with Crippen molar-refractivity contribution in [1.82, 2.24) is 4.31 Å². The number of methoxy groups -OCH3 is 1. The van der Waals surface area contributed by atoms with Gasteiger partial charge in [-0.3, -0.25) is 4.79 Å². The number of nitrogens with zero attached hydrogens (tertiary/aromatic N) is 1. The zero-order valence-corrected chi connectivity index (χ0v) is 14.7. The summed E-state index contributed by atoms with van der Waals surface area (Å²) in [7, 11) is -2.59. The lowest BCUT2D eigenvalue weighted by Gasteiger charge is -2.34. The highest BCUT2D eigenvalue weighted by molar-refractivity contribution is 7.89. The average molecular weight is 346 g/mol. The van der Waals surface area contributed by atoms with Crippen LogP contribution in [0.3, 0.4) is 0 Å². The molecule has 0 radical (unpaired) electrons. The van der Waals surface area contributed by atoms with Crippen molar-refractivity contribution in [1.29, 1.82) is 0 Å². The molecule has 1 aromatic rings. The van der Waals surface area contributed by atoms with Gasteiger partial charge in [-0.05, 0) is 51.3 Å². The van der Waals surface area contributed by atoms with Crippen LogP contribution in [0.5, 0.6) is 0 Å². The molecule has 122 valence electrons. The van der Waals surface area contributed by atoms with Gasteiger partial charge in [-0.25, -0.2) is 8.42 Å². The second kappa shape index (κ2) is 5.83. The fourth-order valence-corrected chi connectivity index (χ4v) is 5.56. The SMILES string of the molecule is COC(=O)[C@]1(C)CC[C@@H](C)N1S(=O)(=O)c1cccc(Cl)c1C. The third-order valence-corrected chi connectivity index (χ3v) is 7.00. The molecule has 1 aliphatic rings. The molecule has 1 saturated heterocycles. The molecule has 2 atom stereocenters. The van der Waals surface area contributed by atoms with Gasteiger partial charge in [0.1, 0.15) is 5.54 Å². The van der Waals surface area contributed by atoms with Gasteiger partial charge in [-0.15, -0.1) is 0 Å². The van der Waals surface area contributed by atoms with Gasteiger partial charge >= 0.3 is 5.97 Å². The highest BCUT2D eigenvalue weighted by Crippen LogP contribution is 2.40. The second-order valence-electron chi connectivity index (χ2n) is 5.82. The van der Waals surface area contributed by atoms with Gasteiger partial charge in [0.15, 0.2) is 0 Å². The molecule has 0 aromatic heterocycles. The van der Waals surface area contributed by atoms with Crippen LogP contribution in [0.2, 0.25) is 5.02 Å². The molecular formula is C15H20ClNO4S. The number of rotatable bonds is 3. The van der Waals surface area contributed by atoms with E-state index in [9.17, 15) is 13.2 Å². The van der Waals surface area contributed by atoms with E-state index in [0.29, 0.717) is 23.4 Å². The van der Waals surface area contributed by atoms with Crippen molar-refractivity contribution in [3.63, 3.8) is 0 Å². The van der Waals surface area contributed by atoms with Crippen LogP contribution in [-0.4, -0.2) is 37.4 Å². The van der Waals surface area contributed by atoms with E-state index in [2.05, 4.69) is 0 Å². The summed E-state index contributed by atoms with van der Waals surface area (Å²) in [6, 6.07) is 4.47. The fraction of sp³-hybridized carbons (Fsp3) is 0.533. The van der Waals surface area contributed by atoms with E-state index in [-0.39, 0.29) is 10.9 Å². The predicted octanol–water partition coefficient (Wildman–Crippen LogP) is 2.75. The predicted molar refractivity (Wildman–Crippen MR) is 84.3 cm³/mol. The average Bonchev–Trinajstić information content (AvgIpc) is 2.78. The highest BCUT2D eigenvalue weighted by atomic mass is 35.5. The van der Waals surface area contributed by atoms with Crippen LogP contribution < -0.4 is 0 Å². The summed E-state index contributed by atoms with van der Waals surface area (Å²) in [6.07, 6.45) is 1.03. The van der Waals surface area contributed by atoms with Crippen LogP contribution >= 0.6 is 11.6 Å². The molecule has 22 heavy (non-hydrogen) atoms. The first kappa shape index (κ1) is 17.2. The summed E-state index contributed by atoms with van der Waals surface area (Å²) in [6.45, 7) is 5.07. The zero-order chi connectivity index (χ0) is 16.7. The number of esters is 1. The Hall–Kier alpha value is -1.11. The highest BCUT2D eigenvalue weighted by Gasteiger charge is 2.54. The number of sulfonamides is 1. The Morgan fingerprint density at radius 1 is 1.45 bits per heavy atom. The van der Waals surface area contributed by atoms with Gasteiger partial charge in [0.05, 0.1) is 12.0 Å². The third-order valence-electron chi connectivity index (χ3n) is 4.32. The molecule has 5 nitrogen and oxygen atoms in total. The maximum atomic E-state index is 13.1. The lowest BCUT2D eigenvalue weighted by Crippen LogP contribution is -2.53. The van der Waals surface area contributed by atoms with E-state index in [4.69, 9.17) is 16.3 Å².